The van der Waals surface area contributed by atoms with Gasteiger partial charge in [-0.15, -0.1) is 0 Å². The minimum Gasteiger partial charge on any atom is -0.494 e. The number of rotatable bonds is 7. The number of ether oxygens (including phenoxy) is 2. The van der Waals surface area contributed by atoms with Crippen molar-refractivity contribution in [2.45, 2.75) is 44.6 Å². The summed E-state index contributed by atoms with van der Waals surface area (Å²) in [5.41, 5.74) is 0.543. The molecule has 0 spiro atoms. The highest BCUT2D eigenvalue weighted by Crippen LogP contribution is 2.38. The average molecular weight is 262 g/mol. The average Bonchev–Trinajstić information content (AvgIpc) is 2.41. The van der Waals surface area contributed by atoms with Crippen LogP contribution in [0.2, 0.25) is 0 Å². The fraction of sp³-hybridized carbons (Fsp3) is 0.562. The Labute approximate surface area is 114 Å². The van der Waals surface area contributed by atoms with Gasteiger partial charge in [0, 0.05) is 19.1 Å². The third-order valence-electron chi connectivity index (χ3n) is 3.83. The van der Waals surface area contributed by atoms with Crippen LogP contribution in [0.1, 0.15) is 49.4 Å². The number of carbonyl (C=O) groups excluding carboxylic acids is 1. The van der Waals surface area contributed by atoms with Crippen LogP contribution in [0, 0.1) is 0 Å². The molecule has 0 aliphatic heterocycles. The van der Waals surface area contributed by atoms with E-state index in [0.29, 0.717) is 13.0 Å². The number of hydrogen-bond donors (Lipinski definition) is 0. The zero-order valence-corrected chi connectivity index (χ0v) is 11.8. The molecule has 1 aliphatic carbocycles. The third kappa shape index (κ3) is 3.35. The van der Waals surface area contributed by atoms with Gasteiger partial charge in [-0.1, -0.05) is 6.92 Å². The first-order chi connectivity index (χ1) is 9.19. The normalized spacial score (nSPS) is 16.7. The molecule has 0 unspecified atom stereocenters. The van der Waals surface area contributed by atoms with Crippen LogP contribution in [-0.2, 0) is 4.74 Å². The SMILES string of the molecule is CCCOc1ccc(C(=O)CC2(OC)CCC2)cc1. The molecule has 104 valence electrons. The second-order valence-corrected chi connectivity index (χ2v) is 5.21. The maximum atomic E-state index is 12.2. The molecule has 19 heavy (non-hydrogen) atoms. The van der Waals surface area contributed by atoms with Crippen molar-refractivity contribution < 1.29 is 14.3 Å². The lowest BCUT2D eigenvalue weighted by Gasteiger charge is -2.40. The van der Waals surface area contributed by atoms with Crippen LogP contribution in [0.15, 0.2) is 24.3 Å². The van der Waals surface area contributed by atoms with Gasteiger partial charge in [0.05, 0.1) is 12.2 Å². The first-order valence-electron chi connectivity index (χ1n) is 7.00. The number of carbonyl (C=O) groups is 1. The molecule has 1 saturated carbocycles. The molecule has 0 atom stereocenters. The Morgan fingerprint density at radius 2 is 1.95 bits per heavy atom. The summed E-state index contributed by atoms with van der Waals surface area (Å²) in [6, 6.07) is 7.41. The first kappa shape index (κ1) is 14.1. The van der Waals surface area contributed by atoms with Crippen LogP contribution in [-0.4, -0.2) is 25.1 Å². The Morgan fingerprint density at radius 3 is 2.42 bits per heavy atom. The Kier molecular flexibility index (Phi) is 4.59. The van der Waals surface area contributed by atoms with E-state index in [1.165, 1.54) is 0 Å². The van der Waals surface area contributed by atoms with Crippen molar-refractivity contribution in [2.24, 2.45) is 0 Å². The summed E-state index contributed by atoms with van der Waals surface area (Å²) >= 11 is 0. The maximum absolute atomic E-state index is 12.2. The van der Waals surface area contributed by atoms with Crippen molar-refractivity contribution in [2.75, 3.05) is 13.7 Å². The van der Waals surface area contributed by atoms with Crippen molar-refractivity contribution in [3.8, 4) is 5.75 Å². The van der Waals surface area contributed by atoms with E-state index in [1.54, 1.807) is 7.11 Å². The first-order valence-corrected chi connectivity index (χ1v) is 7.00. The predicted molar refractivity (Wildman–Crippen MR) is 74.8 cm³/mol. The van der Waals surface area contributed by atoms with Gasteiger partial charge in [0.2, 0.25) is 0 Å². The van der Waals surface area contributed by atoms with E-state index in [2.05, 4.69) is 6.92 Å². The Balaban J connectivity index is 1.95. The lowest BCUT2D eigenvalue weighted by molar-refractivity contribution is -0.0704. The number of methoxy groups -OCH3 is 1. The third-order valence-corrected chi connectivity index (χ3v) is 3.83. The highest BCUT2D eigenvalue weighted by molar-refractivity contribution is 5.96. The summed E-state index contributed by atoms with van der Waals surface area (Å²) in [4.78, 5) is 12.2. The van der Waals surface area contributed by atoms with E-state index in [1.807, 2.05) is 24.3 Å². The lowest BCUT2D eigenvalue weighted by Crippen LogP contribution is -2.41. The van der Waals surface area contributed by atoms with Gasteiger partial charge in [0.25, 0.3) is 0 Å². The van der Waals surface area contributed by atoms with Crippen LogP contribution in [0.4, 0.5) is 0 Å². The van der Waals surface area contributed by atoms with Crippen molar-refractivity contribution in [1.29, 1.82) is 0 Å². The van der Waals surface area contributed by atoms with Crippen LogP contribution in [0.25, 0.3) is 0 Å². The molecule has 3 nitrogen and oxygen atoms in total. The zero-order valence-electron chi connectivity index (χ0n) is 11.8. The minimum atomic E-state index is -0.200. The van der Waals surface area contributed by atoms with Crippen molar-refractivity contribution in [3.05, 3.63) is 29.8 Å². The highest BCUT2D eigenvalue weighted by atomic mass is 16.5. The number of hydrogen-bond acceptors (Lipinski definition) is 3. The van der Waals surface area contributed by atoms with Gasteiger partial charge in [-0.3, -0.25) is 4.79 Å². The smallest absolute Gasteiger partial charge is 0.165 e. The molecule has 0 amide bonds. The maximum Gasteiger partial charge on any atom is 0.165 e. The molecule has 0 aromatic heterocycles. The molecule has 1 fully saturated rings. The van der Waals surface area contributed by atoms with E-state index in [9.17, 15) is 4.79 Å². The van der Waals surface area contributed by atoms with Crippen molar-refractivity contribution in [1.82, 2.24) is 0 Å². The lowest BCUT2D eigenvalue weighted by atomic mass is 9.76. The molecule has 1 aliphatic rings. The topological polar surface area (TPSA) is 35.5 Å². The summed E-state index contributed by atoms with van der Waals surface area (Å²) in [6.45, 7) is 2.78. The molecule has 2 rings (SSSR count). The van der Waals surface area contributed by atoms with Crippen LogP contribution < -0.4 is 4.74 Å². The summed E-state index contributed by atoms with van der Waals surface area (Å²) < 4.78 is 11.0. The van der Waals surface area contributed by atoms with E-state index in [-0.39, 0.29) is 11.4 Å². The fourth-order valence-corrected chi connectivity index (χ4v) is 2.38. The molecular weight excluding hydrogens is 240 g/mol. The monoisotopic (exact) mass is 262 g/mol. The zero-order chi connectivity index (χ0) is 13.7. The summed E-state index contributed by atoms with van der Waals surface area (Å²) in [7, 11) is 1.70. The number of Topliss-reactive ketones (excluding diaryl/α,β-unsaturated/α-hetero) is 1. The van der Waals surface area contributed by atoms with Gasteiger partial charge in [-0.2, -0.15) is 0 Å². The quantitative estimate of drug-likeness (QED) is 0.704. The Morgan fingerprint density at radius 1 is 1.26 bits per heavy atom. The molecule has 1 aromatic carbocycles. The van der Waals surface area contributed by atoms with E-state index in [4.69, 9.17) is 9.47 Å². The second kappa shape index (κ2) is 6.20. The molecule has 0 saturated heterocycles. The standard InChI is InChI=1S/C16H22O3/c1-3-11-19-14-7-5-13(6-8-14)15(17)12-16(18-2)9-4-10-16/h5-8H,3-4,9-12H2,1-2H3. The molecule has 1 aromatic rings. The van der Waals surface area contributed by atoms with Gasteiger partial charge >= 0.3 is 0 Å². The van der Waals surface area contributed by atoms with Crippen molar-refractivity contribution >= 4 is 5.78 Å². The molecule has 0 bridgehead atoms. The van der Waals surface area contributed by atoms with Crippen LogP contribution in [0.3, 0.4) is 0 Å². The molecule has 0 heterocycles. The highest BCUT2D eigenvalue weighted by Gasteiger charge is 2.39. The predicted octanol–water partition coefficient (Wildman–Crippen LogP) is 3.62. The fourth-order valence-electron chi connectivity index (χ4n) is 2.38. The van der Waals surface area contributed by atoms with E-state index < -0.39 is 0 Å². The second-order valence-electron chi connectivity index (χ2n) is 5.21. The summed E-state index contributed by atoms with van der Waals surface area (Å²) in [5, 5.41) is 0. The van der Waals surface area contributed by atoms with Gasteiger partial charge in [-0.05, 0) is 49.9 Å². The Bertz CT molecular complexity index is 413. The molecule has 0 radical (unpaired) electrons. The number of benzene rings is 1. The molecule has 0 N–H and O–H groups in total. The van der Waals surface area contributed by atoms with E-state index >= 15 is 0 Å². The molecular formula is C16H22O3. The minimum absolute atomic E-state index is 0.156. The van der Waals surface area contributed by atoms with Crippen LogP contribution in [0.5, 0.6) is 5.75 Å². The summed E-state index contributed by atoms with van der Waals surface area (Å²) in [6.07, 6.45) is 4.61. The summed E-state index contributed by atoms with van der Waals surface area (Å²) in [5.74, 6) is 0.979. The van der Waals surface area contributed by atoms with Crippen LogP contribution >= 0.6 is 0 Å². The van der Waals surface area contributed by atoms with Gasteiger partial charge in [0.1, 0.15) is 5.75 Å². The van der Waals surface area contributed by atoms with Gasteiger partial charge < -0.3 is 9.47 Å². The van der Waals surface area contributed by atoms with Gasteiger partial charge in [0.15, 0.2) is 5.78 Å². The molecule has 3 heteroatoms. The van der Waals surface area contributed by atoms with Gasteiger partial charge in [-0.25, -0.2) is 0 Å². The van der Waals surface area contributed by atoms with E-state index in [0.717, 1.165) is 37.0 Å². The number of ketones is 1. The van der Waals surface area contributed by atoms with Crippen molar-refractivity contribution in [3.63, 3.8) is 0 Å². The Hall–Kier alpha value is -1.35. The largest absolute Gasteiger partial charge is 0.494 e.